The van der Waals surface area contributed by atoms with Gasteiger partial charge in [0.1, 0.15) is 23.4 Å². The molecule has 0 aromatic carbocycles. The molecule has 3 N–H and O–H groups in total. The number of fused-ring (bicyclic) bond motifs is 5. The molecular weight excluding hydrogens is 375 g/mol. The van der Waals surface area contributed by atoms with Gasteiger partial charge in [0.2, 0.25) is 5.88 Å². The molecule has 1 aliphatic heterocycles. The van der Waals surface area contributed by atoms with Crippen LogP contribution in [0.5, 0.6) is 5.88 Å². The van der Waals surface area contributed by atoms with Crippen LogP contribution in [0.1, 0.15) is 36.2 Å². The van der Waals surface area contributed by atoms with Gasteiger partial charge in [-0.2, -0.15) is 0 Å². The summed E-state index contributed by atoms with van der Waals surface area (Å²) in [4.78, 5) is 21.4. The Morgan fingerprint density at radius 2 is 2.21 bits per heavy atom. The van der Waals surface area contributed by atoms with E-state index in [-0.39, 0.29) is 22.9 Å². The van der Waals surface area contributed by atoms with Gasteiger partial charge in [0, 0.05) is 17.7 Å². The number of nitrogens with one attached hydrogen (secondary N) is 1. The molecule has 1 aliphatic rings. The molecule has 0 aliphatic carbocycles. The Labute approximate surface area is 166 Å². The van der Waals surface area contributed by atoms with Gasteiger partial charge in [-0.1, -0.05) is 6.07 Å². The van der Waals surface area contributed by atoms with Crippen molar-refractivity contribution in [2.24, 2.45) is 0 Å². The summed E-state index contributed by atoms with van der Waals surface area (Å²) < 4.78 is 7.66. The van der Waals surface area contributed by atoms with Crippen molar-refractivity contribution in [3.63, 3.8) is 0 Å². The van der Waals surface area contributed by atoms with Gasteiger partial charge in [-0.25, -0.2) is 9.97 Å². The number of anilines is 1. The molecule has 0 fully saturated rings. The smallest absolute Gasteiger partial charge is 0.477 e. The molecule has 0 saturated carbocycles. The van der Waals surface area contributed by atoms with E-state index in [0.29, 0.717) is 30.4 Å². The fourth-order valence-corrected chi connectivity index (χ4v) is 3.13. The highest BCUT2D eigenvalue weighted by molar-refractivity contribution is 6.58. The largest absolute Gasteiger partial charge is 0.490 e. The standard InChI is InChI=1S/C18H19BN6O4/c1-11-4-3-7-29-18-13(8-12(9-20-18)19(27)28)17(26)23-15-6-2-5-14(22-15)16-24-21-10-25(11)16/h2,5-6,8-11,27-28H,3-4,7H2,1H3,(H,22,23,26)/t11-/m0/s1. The lowest BCUT2D eigenvalue weighted by atomic mass is 9.81. The molecule has 0 radical (unpaired) electrons. The number of aromatic nitrogens is 5. The minimum atomic E-state index is -1.75. The van der Waals surface area contributed by atoms with Crippen LogP contribution in [0, 0.1) is 0 Å². The van der Waals surface area contributed by atoms with E-state index in [2.05, 4.69) is 32.4 Å². The second-order valence-corrected chi connectivity index (χ2v) is 6.76. The predicted octanol–water partition coefficient (Wildman–Crippen LogP) is 0.401. The third-order valence-corrected chi connectivity index (χ3v) is 4.69. The number of carbonyl (C=O) groups is 1. The molecule has 11 heteroatoms. The molecule has 1 amide bonds. The second-order valence-electron chi connectivity index (χ2n) is 6.76. The van der Waals surface area contributed by atoms with Crippen molar-refractivity contribution in [2.45, 2.75) is 25.8 Å². The summed E-state index contributed by atoms with van der Waals surface area (Å²) in [5.41, 5.74) is 0.765. The molecule has 4 heterocycles. The minimum absolute atomic E-state index is 0.0899. The molecule has 3 aromatic heterocycles. The van der Waals surface area contributed by atoms with Crippen LogP contribution in [0.2, 0.25) is 0 Å². The van der Waals surface area contributed by atoms with Gasteiger partial charge in [-0.15, -0.1) is 10.2 Å². The SMILES string of the molecule is C[C@H]1CCCOc2ncc(B(O)O)cc2C(=O)Nc2cccc(n2)-c2nncn21. The van der Waals surface area contributed by atoms with Crippen molar-refractivity contribution in [3.05, 3.63) is 42.4 Å². The molecule has 10 nitrogen and oxygen atoms in total. The van der Waals surface area contributed by atoms with Crippen LogP contribution >= 0.6 is 0 Å². The zero-order valence-corrected chi connectivity index (χ0v) is 15.7. The van der Waals surface area contributed by atoms with Crippen molar-refractivity contribution < 1.29 is 19.6 Å². The maximum atomic E-state index is 12.8. The highest BCUT2D eigenvalue weighted by Crippen LogP contribution is 2.24. The first-order valence-electron chi connectivity index (χ1n) is 9.20. The number of rotatable bonds is 1. The van der Waals surface area contributed by atoms with E-state index < -0.39 is 13.0 Å². The van der Waals surface area contributed by atoms with E-state index in [1.165, 1.54) is 12.3 Å². The van der Waals surface area contributed by atoms with Crippen LogP contribution in [-0.2, 0) is 0 Å². The second kappa shape index (κ2) is 7.98. The normalized spacial score (nSPS) is 16.7. The number of pyridine rings is 2. The molecule has 148 valence electrons. The van der Waals surface area contributed by atoms with Crippen molar-refractivity contribution >= 4 is 24.3 Å². The molecule has 2 bridgehead atoms. The first kappa shape index (κ1) is 19.0. The molecule has 0 spiro atoms. The number of amides is 1. The first-order chi connectivity index (χ1) is 14.0. The van der Waals surface area contributed by atoms with Gasteiger partial charge in [0.05, 0.1) is 6.61 Å². The van der Waals surface area contributed by atoms with Gasteiger partial charge < -0.3 is 24.7 Å². The van der Waals surface area contributed by atoms with Gasteiger partial charge in [0.25, 0.3) is 5.91 Å². The summed E-state index contributed by atoms with van der Waals surface area (Å²) in [5.74, 6) is 0.524. The lowest BCUT2D eigenvalue weighted by Crippen LogP contribution is -2.32. The molecule has 0 unspecified atom stereocenters. The average Bonchev–Trinajstić information content (AvgIpc) is 3.20. The lowest BCUT2D eigenvalue weighted by Gasteiger charge is -2.17. The summed E-state index contributed by atoms with van der Waals surface area (Å²) in [6, 6.07) is 6.67. The summed E-state index contributed by atoms with van der Waals surface area (Å²) in [5, 5.41) is 29.7. The third-order valence-electron chi connectivity index (χ3n) is 4.69. The highest BCUT2D eigenvalue weighted by Gasteiger charge is 2.22. The predicted molar refractivity (Wildman–Crippen MR) is 105 cm³/mol. The summed E-state index contributed by atoms with van der Waals surface area (Å²) in [7, 11) is -1.75. The van der Waals surface area contributed by atoms with E-state index in [1.54, 1.807) is 24.5 Å². The lowest BCUT2D eigenvalue weighted by molar-refractivity contribution is 0.102. The Kier molecular flexibility index (Phi) is 5.23. The van der Waals surface area contributed by atoms with Crippen LogP contribution in [0.4, 0.5) is 5.82 Å². The van der Waals surface area contributed by atoms with E-state index >= 15 is 0 Å². The Morgan fingerprint density at radius 1 is 1.34 bits per heavy atom. The van der Waals surface area contributed by atoms with Crippen LogP contribution in [-0.4, -0.2) is 54.4 Å². The third kappa shape index (κ3) is 3.96. The fraction of sp³-hybridized carbons (Fsp3) is 0.278. The van der Waals surface area contributed by atoms with Gasteiger partial charge in [0.15, 0.2) is 5.82 Å². The van der Waals surface area contributed by atoms with Crippen LogP contribution < -0.4 is 15.5 Å². The van der Waals surface area contributed by atoms with Crippen molar-refractivity contribution in [2.75, 3.05) is 11.9 Å². The fourth-order valence-electron chi connectivity index (χ4n) is 3.13. The molecule has 3 aromatic rings. The quantitative estimate of drug-likeness (QED) is 0.505. The molecule has 29 heavy (non-hydrogen) atoms. The molecule has 0 saturated heterocycles. The van der Waals surface area contributed by atoms with Crippen LogP contribution in [0.3, 0.4) is 0 Å². The number of hydrogen-bond donors (Lipinski definition) is 3. The van der Waals surface area contributed by atoms with E-state index in [0.717, 1.165) is 6.42 Å². The molecule has 4 rings (SSSR count). The molecular formula is C18H19BN6O4. The van der Waals surface area contributed by atoms with Crippen molar-refractivity contribution in [1.82, 2.24) is 24.7 Å². The average molecular weight is 394 g/mol. The maximum absolute atomic E-state index is 12.8. The van der Waals surface area contributed by atoms with E-state index in [4.69, 9.17) is 4.74 Å². The summed E-state index contributed by atoms with van der Waals surface area (Å²) in [6.07, 6.45) is 4.43. The zero-order valence-electron chi connectivity index (χ0n) is 15.7. The topological polar surface area (TPSA) is 135 Å². The van der Waals surface area contributed by atoms with Gasteiger partial charge in [-0.3, -0.25) is 4.79 Å². The molecule has 1 atom stereocenters. The Bertz CT molecular complexity index is 1040. The summed E-state index contributed by atoms with van der Waals surface area (Å²) in [6.45, 7) is 2.41. The Hall–Kier alpha value is -3.31. The number of ether oxygens (including phenoxy) is 1. The van der Waals surface area contributed by atoms with Crippen LogP contribution in [0.25, 0.3) is 11.5 Å². The number of hydrogen-bond acceptors (Lipinski definition) is 8. The highest BCUT2D eigenvalue weighted by atomic mass is 16.5. The van der Waals surface area contributed by atoms with Crippen molar-refractivity contribution in [1.29, 1.82) is 0 Å². The van der Waals surface area contributed by atoms with Gasteiger partial charge >= 0.3 is 7.12 Å². The summed E-state index contributed by atoms with van der Waals surface area (Å²) >= 11 is 0. The number of nitrogens with zero attached hydrogens (tertiary/aromatic N) is 5. The van der Waals surface area contributed by atoms with E-state index in [1.807, 2.05) is 4.57 Å². The van der Waals surface area contributed by atoms with Crippen molar-refractivity contribution in [3.8, 4) is 17.4 Å². The number of carbonyl (C=O) groups excluding carboxylic acids is 1. The van der Waals surface area contributed by atoms with Gasteiger partial charge in [-0.05, 0) is 38.0 Å². The first-order valence-corrected chi connectivity index (χ1v) is 9.20. The maximum Gasteiger partial charge on any atom is 0.490 e. The minimum Gasteiger partial charge on any atom is -0.477 e. The zero-order chi connectivity index (χ0) is 20.4. The van der Waals surface area contributed by atoms with Crippen LogP contribution in [0.15, 0.2) is 36.8 Å². The monoisotopic (exact) mass is 394 g/mol. The van der Waals surface area contributed by atoms with E-state index in [9.17, 15) is 14.8 Å². The Balaban J connectivity index is 1.76. The Morgan fingerprint density at radius 3 is 3.03 bits per heavy atom.